The van der Waals surface area contributed by atoms with E-state index in [0.717, 1.165) is 25.3 Å². The molecule has 1 aromatic rings. The lowest BCUT2D eigenvalue weighted by molar-refractivity contribution is 0.395. The highest BCUT2D eigenvalue weighted by atomic mass is 16.3. The number of benzene rings is 1. The summed E-state index contributed by atoms with van der Waals surface area (Å²) >= 11 is 0. The summed E-state index contributed by atoms with van der Waals surface area (Å²) in [5.41, 5.74) is 2.50. The SMILES string of the molecule is CC(C)NCC1CCc2c(O)cccc2C1. The molecule has 0 radical (unpaired) electrons. The van der Waals surface area contributed by atoms with E-state index in [1.54, 1.807) is 6.07 Å². The second kappa shape index (κ2) is 4.88. The first kappa shape index (κ1) is 11.5. The van der Waals surface area contributed by atoms with E-state index in [0.29, 0.717) is 11.8 Å². The minimum Gasteiger partial charge on any atom is -0.508 e. The van der Waals surface area contributed by atoms with Crippen molar-refractivity contribution in [3.05, 3.63) is 29.3 Å². The molecule has 0 saturated heterocycles. The molecular formula is C14H21NO. The van der Waals surface area contributed by atoms with Gasteiger partial charge in [0.2, 0.25) is 0 Å². The second-order valence-electron chi connectivity index (χ2n) is 5.09. The minimum atomic E-state index is 0.479. The normalized spacial score (nSPS) is 19.8. The quantitative estimate of drug-likeness (QED) is 0.818. The van der Waals surface area contributed by atoms with Crippen LogP contribution in [0.25, 0.3) is 0 Å². The Bertz CT molecular complexity index is 360. The predicted octanol–water partition coefficient (Wildman–Crippen LogP) is 2.50. The summed E-state index contributed by atoms with van der Waals surface area (Å²) in [6, 6.07) is 6.46. The van der Waals surface area contributed by atoms with Crippen LogP contribution in [0.5, 0.6) is 5.75 Å². The molecule has 0 heterocycles. The maximum absolute atomic E-state index is 9.75. The fraction of sp³-hybridized carbons (Fsp3) is 0.571. The van der Waals surface area contributed by atoms with Gasteiger partial charge in [0.15, 0.2) is 0 Å². The third-order valence-electron chi connectivity index (χ3n) is 3.37. The molecule has 1 atom stereocenters. The Kier molecular flexibility index (Phi) is 3.49. The Hall–Kier alpha value is -1.02. The lowest BCUT2D eigenvalue weighted by Crippen LogP contribution is -2.31. The summed E-state index contributed by atoms with van der Waals surface area (Å²) in [5.74, 6) is 1.20. The zero-order chi connectivity index (χ0) is 11.5. The Morgan fingerprint density at radius 2 is 2.25 bits per heavy atom. The van der Waals surface area contributed by atoms with E-state index in [1.807, 2.05) is 6.07 Å². The van der Waals surface area contributed by atoms with Gasteiger partial charge in [0.1, 0.15) is 5.75 Å². The lowest BCUT2D eigenvalue weighted by atomic mass is 9.83. The van der Waals surface area contributed by atoms with Gasteiger partial charge >= 0.3 is 0 Å². The van der Waals surface area contributed by atoms with Gasteiger partial charge in [-0.05, 0) is 48.9 Å². The molecule has 0 aromatic heterocycles. The Morgan fingerprint density at radius 1 is 1.44 bits per heavy atom. The smallest absolute Gasteiger partial charge is 0.119 e. The average molecular weight is 219 g/mol. The van der Waals surface area contributed by atoms with Gasteiger partial charge in [-0.25, -0.2) is 0 Å². The molecule has 0 aliphatic heterocycles. The molecule has 2 N–H and O–H groups in total. The van der Waals surface area contributed by atoms with Gasteiger partial charge in [-0.3, -0.25) is 0 Å². The molecule has 1 aliphatic carbocycles. The van der Waals surface area contributed by atoms with Crippen molar-refractivity contribution < 1.29 is 5.11 Å². The summed E-state index contributed by atoms with van der Waals surface area (Å²) in [5, 5.41) is 13.2. The first-order valence-corrected chi connectivity index (χ1v) is 6.20. The molecule has 0 spiro atoms. The van der Waals surface area contributed by atoms with Crippen molar-refractivity contribution in [3.63, 3.8) is 0 Å². The molecule has 1 unspecified atom stereocenters. The minimum absolute atomic E-state index is 0.479. The maximum atomic E-state index is 9.75. The van der Waals surface area contributed by atoms with Crippen LogP contribution >= 0.6 is 0 Å². The molecular weight excluding hydrogens is 198 g/mol. The molecule has 0 saturated carbocycles. The number of aromatic hydroxyl groups is 1. The van der Waals surface area contributed by atoms with Crippen molar-refractivity contribution in [1.29, 1.82) is 0 Å². The standard InChI is InChI=1S/C14H21NO/c1-10(2)15-9-11-6-7-13-12(8-11)4-3-5-14(13)16/h3-5,10-11,15-16H,6-9H2,1-2H3. The van der Waals surface area contributed by atoms with Crippen LogP contribution in [0.3, 0.4) is 0 Å². The van der Waals surface area contributed by atoms with E-state index in [1.165, 1.54) is 17.5 Å². The highest BCUT2D eigenvalue weighted by Gasteiger charge is 2.20. The second-order valence-corrected chi connectivity index (χ2v) is 5.09. The third-order valence-corrected chi connectivity index (χ3v) is 3.37. The Morgan fingerprint density at radius 3 is 3.00 bits per heavy atom. The van der Waals surface area contributed by atoms with Crippen LogP contribution in [-0.4, -0.2) is 17.7 Å². The van der Waals surface area contributed by atoms with Gasteiger partial charge in [-0.2, -0.15) is 0 Å². The van der Waals surface area contributed by atoms with E-state index in [-0.39, 0.29) is 0 Å². The summed E-state index contributed by atoms with van der Waals surface area (Å²) in [4.78, 5) is 0. The van der Waals surface area contributed by atoms with Crippen LogP contribution in [0.1, 0.15) is 31.4 Å². The first-order valence-electron chi connectivity index (χ1n) is 6.20. The molecule has 16 heavy (non-hydrogen) atoms. The van der Waals surface area contributed by atoms with E-state index in [4.69, 9.17) is 0 Å². The van der Waals surface area contributed by atoms with Gasteiger partial charge in [-0.1, -0.05) is 26.0 Å². The number of hydrogen-bond donors (Lipinski definition) is 2. The molecule has 0 fully saturated rings. The summed E-state index contributed by atoms with van der Waals surface area (Å²) in [7, 11) is 0. The average Bonchev–Trinajstić information content (AvgIpc) is 2.26. The molecule has 2 nitrogen and oxygen atoms in total. The highest BCUT2D eigenvalue weighted by molar-refractivity contribution is 5.40. The number of phenolic OH excluding ortho intramolecular Hbond substituents is 1. The molecule has 1 aliphatic rings. The maximum Gasteiger partial charge on any atom is 0.119 e. The summed E-state index contributed by atoms with van der Waals surface area (Å²) in [6.07, 6.45) is 3.31. The zero-order valence-electron chi connectivity index (χ0n) is 10.2. The molecule has 0 amide bonds. The van der Waals surface area contributed by atoms with Gasteiger partial charge in [0.05, 0.1) is 0 Å². The van der Waals surface area contributed by atoms with Crippen LogP contribution in [0.4, 0.5) is 0 Å². The third kappa shape index (κ3) is 2.56. The highest BCUT2D eigenvalue weighted by Crippen LogP contribution is 2.31. The van der Waals surface area contributed by atoms with Crippen molar-refractivity contribution in [2.75, 3.05) is 6.54 Å². The van der Waals surface area contributed by atoms with E-state index in [2.05, 4.69) is 25.2 Å². The van der Waals surface area contributed by atoms with Crippen LogP contribution in [0.2, 0.25) is 0 Å². The zero-order valence-corrected chi connectivity index (χ0v) is 10.2. The molecule has 88 valence electrons. The van der Waals surface area contributed by atoms with Crippen molar-refractivity contribution in [3.8, 4) is 5.75 Å². The van der Waals surface area contributed by atoms with Crippen molar-refractivity contribution in [1.82, 2.24) is 5.32 Å². The van der Waals surface area contributed by atoms with Crippen LogP contribution in [0, 0.1) is 5.92 Å². The number of phenols is 1. The molecule has 2 rings (SSSR count). The number of rotatable bonds is 3. The largest absolute Gasteiger partial charge is 0.508 e. The van der Waals surface area contributed by atoms with Gasteiger partial charge in [0, 0.05) is 6.04 Å². The van der Waals surface area contributed by atoms with E-state index >= 15 is 0 Å². The topological polar surface area (TPSA) is 32.3 Å². The number of nitrogens with one attached hydrogen (secondary N) is 1. The lowest BCUT2D eigenvalue weighted by Gasteiger charge is -2.26. The monoisotopic (exact) mass is 219 g/mol. The fourth-order valence-corrected chi connectivity index (χ4v) is 2.44. The summed E-state index contributed by atoms with van der Waals surface area (Å²) in [6.45, 7) is 5.46. The van der Waals surface area contributed by atoms with Crippen molar-refractivity contribution >= 4 is 0 Å². The van der Waals surface area contributed by atoms with Crippen molar-refractivity contribution in [2.45, 2.75) is 39.2 Å². The van der Waals surface area contributed by atoms with Gasteiger partial charge in [0.25, 0.3) is 0 Å². The Balaban J connectivity index is 2.01. The van der Waals surface area contributed by atoms with Gasteiger partial charge in [-0.15, -0.1) is 0 Å². The van der Waals surface area contributed by atoms with Crippen LogP contribution < -0.4 is 5.32 Å². The summed E-state index contributed by atoms with van der Waals surface area (Å²) < 4.78 is 0. The first-order chi connectivity index (χ1) is 7.66. The molecule has 0 bridgehead atoms. The van der Waals surface area contributed by atoms with Gasteiger partial charge < -0.3 is 10.4 Å². The molecule has 2 heteroatoms. The fourth-order valence-electron chi connectivity index (χ4n) is 2.44. The molecule has 1 aromatic carbocycles. The van der Waals surface area contributed by atoms with E-state index in [9.17, 15) is 5.11 Å². The van der Waals surface area contributed by atoms with Crippen molar-refractivity contribution in [2.24, 2.45) is 5.92 Å². The van der Waals surface area contributed by atoms with Crippen LogP contribution in [0.15, 0.2) is 18.2 Å². The Labute approximate surface area is 97.7 Å². The number of hydrogen-bond acceptors (Lipinski definition) is 2. The predicted molar refractivity (Wildman–Crippen MR) is 66.8 cm³/mol. The number of fused-ring (bicyclic) bond motifs is 1. The van der Waals surface area contributed by atoms with Crippen LogP contribution in [-0.2, 0) is 12.8 Å². The van der Waals surface area contributed by atoms with E-state index < -0.39 is 0 Å².